The van der Waals surface area contributed by atoms with Crippen molar-refractivity contribution in [3.8, 4) is 0 Å². The molecule has 0 amide bonds. The maximum Gasteiger partial charge on any atom is 0.180 e. The molecule has 8 heteroatoms. The van der Waals surface area contributed by atoms with E-state index < -0.39 is 46.4 Å². The van der Waals surface area contributed by atoms with Crippen molar-refractivity contribution in [2.45, 2.75) is 74.7 Å². The number of fused-ring (bicyclic) bond motifs is 1. The molecule has 0 saturated carbocycles. The van der Waals surface area contributed by atoms with Crippen LogP contribution in [0.3, 0.4) is 0 Å². The van der Waals surface area contributed by atoms with Gasteiger partial charge < -0.3 is 28.4 Å². The number of hydrogen-bond acceptors (Lipinski definition) is 7. The van der Waals surface area contributed by atoms with Crippen LogP contribution in [0.15, 0.2) is 91.0 Å². The summed E-state index contributed by atoms with van der Waals surface area (Å²) < 4.78 is 52.5. The smallest absolute Gasteiger partial charge is 0.180 e. The predicted molar refractivity (Wildman–Crippen MR) is 155 cm³/mol. The van der Waals surface area contributed by atoms with Gasteiger partial charge in [-0.15, -0.1) is 0 Å². The average molecular weight is 579 g/mol. The van der Waals surface area contributed by atoms with E-state index in [9.17, 15) is 4.21 Å². The molecule has 2 unspecified atom stereocenters. The monoisotopic (exact) mass is 578 g/mol. The summed E-state index contributed by atoms with van der Waals surface area (Å²) in [7, 11) is -1.34. The van der Waals surface area contributed by atoms with Crippen LogP contribution in [0, 0.1) is 0 Å². The summed E-state index contributed by atoms with van der Waals surface area (Å²) in [6, 6.07) is 30.1. The molecule has 3 aliphatic rings. The molecule has 3 heterocycles. The molecular weight excluding hydrogens is 540 g/mol. The van der Waals surface area contributed by atoms with Crippen molar-refractivity contribution in [3.05, 3.63) is 108 Å². The summed E-state index contributed by atoms with van der Waals surface area (Å²) in [6.45, 7) is 2.03. The fourth-order valence-corrected chi connectivity index (χ4v) is 7.43. The van der Waals surface area contributed by atoms with Gasteiger partial charge in [0.25, 0.3) is 0 Å². The molecule has 6 rings (SSSR count). The summed E-state index contributed by atoms with van der Waals surface area (Å²) in [5, 5.41) is 0. The van der Waals surface area contributed by atoms with Crippen molar-refractivity contribution in [1.82, 2.24) is 0 Å². The molecule has 0 aromatic heterocycles. The first kappa shape index (κ1) is 28.7. The molecule has 3 aromatic rings. The van der Waals surface area contributed by atoms with Crippen molar-refractivity contribution in [3.63, 3.8) is 0 Å². The summed E-state index contributed by atoms with van der Waals surface area (Å²) in [5.41, 5.74) is 2.48. The topological polar surface area (TPSA) is 72.5 Å². The van der Waals surface area contributed by atoms with E-state index in [0.29, 0.717) is 32.8 Å². The summed E-state index contributed by atoms with van der Waals surface area (Å²) >= 11 is 0. The molecular formula is C33H38O7S. The van der Waals surface area contributed by atoms with Crippen molar-refractivity contribution in [2.75, 3.05) is 19.0 Å². The molecule has 3 aliphatic heterocycles. The summed E-state index contributed by atoms with van der Waals surface area (Å²) in [6.07, 6.45) is 0.457. The van der Waals surface area contributed by atoms with E-state index >= 15 is 0 Å². The number of hydrogen-bond donors (Lipinski definition) is 0. The molecule has 0 bridgehead atoms. The Morgan fingerprint density at radius 2 is 1.34 bits per heavy atom. The van der Waals surface area contributed by atoms with Crippen LogP contribution in [-0.4, -0.2) is 58.8 Å². The van der Waals surface area contributed by atoms with Crippen LogP contribution in [0.4, 0.5) is 0 Å². The van der Waals surface area contributed by atoms with Gasteiger partial charge in [0.2, 0.25) is 0 Å². The molecule has 0 aliphatic carbocycles. The van der Waals surface area contributed by atoms with Crippen LogP contribution in [0.25, 0.3) is 0 Å². The molecule has 41 heavy (non-hydrogen) atoms. The first-order valence-electron chi connectivity index (χ1n) is 14.5. The van der Waals surface area contributed by atoms with Gasteiger partial charge >= 0.3 is 0 Å². The van der Waals surface area contributed by atoms with Crippen molar-refractivity contribution in [1.29, 1.82) is 0 Å². The van der Waals surface area contributed by atoms with Crippen LogP contribution in [0.2, 0.25) is 0 Å². The average Bonchev–Trinajstić information content (AvgIpc) is 3.01. The lowest BCUT2D eigenvalue weighted by molar-refractivity contribution is -0.329. The molecule has 3 fully saturated rings. The van der Waals surface area contributed by atoms with Crippen molar-refractivity contribution < 1.29 is 32.6 Å². The van der Waals surface area contributed by atoms with Gasteiger partial charge in [-0.2, -0.15) is 0 Å². The number of rotatable bonds is 10. The fourth-order valence-electron chi connectivity index (χ4n) is 5.76. The second-order valence-electron chi connectivity index (χ2n) is 10.9. The molecule has 3 saturated heterocycles. The van der Waals surface area contributed by atoms with Crippen LogP contribution < -0.4 is 0 Å². The van der Waals surface area contributed by atoms with E-state index in [1.54, 1.807) is 0 Å². The van der Waals surface area contributed by atoms with Gasteiger partial charge in [0.05, 0.1) is 49.6 Å². The Morgan fingerprint density at radius 1 is 0.756 bits per heavy atom. The van der Waals surface area contributed by atoms with E-state index in [2.05, 4.69) is 0 Å². The lowest BCUT2D eigenvalue weighted by Gasteiger charge is -2.52. The quantitative estimate of drug-likeness (QED) is 0.330. The highest BCUT2D eigenvalue weighted by Crippen LogP contribution is 2.41. The Balaban J connectivity index is 1.27. The van der Waals surface area contributed by atoms with Gasteiger partial charge in [-0.3, -0.25) is 4.21 Å². The highest BCUT2D eigenvalue weighted by atomic mass is 32.2. The highest BCUT2D eigenvalue weighted by Gasteiger charge is 2.57. The summed E-state index contributed by atoms with van der Waals surface area (Å²) in [5.74, 6) is -0.602. The molecule has 7 atom stereocenters. The van der Waals surface area contributed by atoms with Gasteiger partial charge in [-0.1, -0.05) is 91.0 Å². The lowest BCUT2D eigenvalue weighted by Crippen LogP contribution is -2.68. The van der Waals surface area contributed by atoms with Crippen LogP contribution in [0.1, 0.15) is 36.0 Å². The predicted octanol–water partition coefficient (Wildman–Crippen LogP) is 5.14. The molecule has 3 aromatic carbocycles. The van der Waals surface area contributed by atoms with Crippen molar-refractivity contribution >= 4 is 10.8 Å². The number of benzene rings is 3. The van der Waals surface area contributed by atoms with E-state index in [0.717, 1.165) is 29.5 Å². The van der Waals surface area contributed by atoms with E-state index in [1.165, 1.54) is 0 Å². The van der Waals surface area contributed by atoms with Crippen molar-refractivity contribution in [2.24, 2.45) is 0 Å². The molecule has 7 nitrogen and oxygen atoms in total. The minimum atomic E-state index is -1.34. The van der Waals surface area contributed by atoms with Gasteiger partial charge in [-0.25, -0.2) is 0 Å². The summed E-state index contributed by atoms with van der Waals surface area (Å²) in [4.78, 5) is 0. The van der Waals surface area contributed by atoms with Gasteiger partial charge in [-0.05, 0) is 29.5 Å². The van der Waals surface area contributed by atoms with Gasteiger partial charge in [0.1, 0.15) is 24.4 Å². The zero-order valence-corrected chi connectivity index (χ0v) is 24.0. The van der Waals surface area contributed by atoms with E-state index in [1.807, 2.05) is 91.0 Å². The SMILES string of the molecule is O=S1CC2(CCCCO2)O[C@@H]2[C@@H](OCc3ccccc3)[C@H](OCc3ccccc3)[C@@H](COCc3ccccc3)O[C@H]21. The van der Waals surface area contributed by atoms with Crippen LogP contribution >= 0.6 is 0 Å². The Hall–Kier alpha value is -2.43. The van der Waals surface area contributed by atoms with Gasteiger partial charge in [0.15, 0.2) is 11.2 Å². The largest absolute Gasteiger partial charge is 0.374 e. The third kappa shape index (κ3) is 7.14. The Kier molecular flexibility index (Phi) is 9.58. The molecule has 0 radical (unpaired) electrons. The molecule has 0 N–H and O–H groups in total. The Labute approximate surface area is 244 Å². The fraction of sp³-hybridized carbons (Fsp3) is 0.455. The van der Waals surface area contributed by atoms with Gasteiger partial charge in [0, 0.05) is 6.42 Å². The Morgan fingerprint density at radius 3 is 1.93 bits per heavy atom. The minimum Gasteiger partial charge on any atom is -0.374 e. The van der Waals surface area contributed by atoms with Crippen LogP contribution in [-0.2, 0) is 59.0 Å². The first-order chi connectivity index (χ1) is 20.2. The zero-order valence-electron chi connectivity index (χ0n) is 23.2. The maximum absolute atomic E-state index is 13.7. The lowest BCUT2D eigenvalue weighted by atomic mass is 9.97. The second-order valence-corrected chi connectivity index (χ2v) is 12.4. The Bertz CT molecular complexity index is 1240. The van der Waals surface area contributed by atoms with Crippen LogP contribution in [0.5, 0.6) is 0 Å². The highest BCUT2D eigenvalue weighted by molar-refractivity contribution is 7.85. The first-order valence-corrected chi connectivity index (χ1v) is 15.8. The third-order valence-electron chi connectivity index (χ3n) is 7.84. The van der Waals surface area contributed by atoms with E-state index in [-0.39, 0.29) is 12.4 Å². The number of ether oxygens (including phenoxy) is 6. The standard InChI is InChI=1S/C33H38O7S/c34-41-24-33(18-10-11-19-38-33)40-31-30(37-22-27-16-8-3-9-17-27)29(36-21-26-14-6-2-7-15-26)28(39-32(31)41)23-35-20-25-12-4-1-5-13-25/h1-9,12-17,28-32H,10-11,18-24H2/t28-,29-,30+,31-,32+,33?,41?/m1/s1. The maximum atomic E-state index is 13.7. The minimum absolute atomic E-state index is 0.265. The zero-order chi connectivity index (χ0) is 27.9. The third-order valence-corrected chi connectivity index (χ3v) is 9.47. The molecule has 1 spiro atoms. The van der Waals surface area contributed by atoms with E-state index in [4.69, 9.17) is 28.4 Å². The second kappa shape index (κ2) is 13.7. The molecule has 218 valence electrons. The normalized spacial score (nSPS) is 31.5.